The average Bonchev–Trinajstić information content (AvgIpc) is 2.91. The molecule has 0 amide bonds. The fourth-order valence-electron chi connectivity index (χ4n) is 4.43. The molecular weight excluding hydrogens is 545 g/mol. The third-order valence-electron chi connectivity index (χ3n) is 6.59. The van der Waals surface area contributed by atoms with Gasteiger partial charge in [0.05, 0.1) is 29.4 Å². The molecule has 38 heavy (non-hydrogen) atoms. The molecule has 0 bridgehead atoms. The summed E-state index contributed by atoms with van der Waals surface area (Å²) in [7, 11) is 4.22. The normalized spacial score (nSPS) is 11.1. The molecule has 0 heterocycles. The Morgan fingerprint density at radius 3 is 1.53 bits per heavy atom. The molecule has 2 rings (SSSR count). The molecule has 0 saturated carbocycles. The lowest BCUT2D eigenvalue weighted by molar-refractivity contribution is 0.281. The molecule has 0 atom stereocenters. The van der Waals surface area contributed by atoms with Crippen LogP contribution in [0.1, 0.15) is 86.1 Å². The standard InChI is InChI=1S/C15H26N2S2.C13H22N2S2.C2H6/c1-6-8-17(7-2)10-9-16(5)13-12(11(3)4)14(18)15(13)19;1-4-6-15(7-5-2)9-8-14(3)11-10-12(16)13(11)17;1-2/h11H,6-10H2,1-5H3;10H,4-9H2,1-3H3;1-2H3. The van der Waals surface area contributed by atoms with Crippen molar-refractivity contribution in [1.82, 2.24) is 9.80 Å². The van der Waals surface area contributed by atoms with Gasteiger partial charge in [-0.15, -0.1) is 0 Å². The van der Waals surface area contributed by atoms with Crippen molar-refractivity contribution < 1.29 is 0 Å². The Bertz CT molecular complexity index is 1040. The van der Waals surface area contributed by atoms with Crippen LogP contribution in [-0.2, 0) is 0 Å². The minimum Gasteiger partial charge on any atom is -0.372 e. The summed E-state index contributed by atoms with van der Waals surface area (Å²) in [5.74, 6) is 0.467. The van der Waals surface area contributed by atoms with Crippen molar-refractivity contribution >= 4 is 60.2 Å². The zero-order valence-corrected chi connectivity index (χ0v) is 29.1. The van der Waals surface area contributed by atoms with Crippen LogP contribution in [0.15, 0.2) is 6.07 Å². The van der Waals surface area contributed by atoms with Gasteiger partial charge >= 0.3 is 0 Å². The Kier molecular flexibility index (Phi) is 19.9. The second-order valence-electron chi connectivity index (χ2n) is 9.92. The summed E-state index contributed by atoms with van der Waals surface area (Å²) in [6.07, 6.45) is 3.64. The first-order valence-electron chi connectivity index (χ1n) is 14.5. The van der Waals surface area contributed by atoms with Crippen LogP contribution < -0.4 is 9.80 Å². The summed E-state index contributed by atoms with van der Waals surface area (Å²) >= 11 is 21.1. The minimum atomic E-state index is 0.467. The molecule has 2 aromatic carbocycles. The lowest BCUT2D eigenvalue weighted by Gasteiger charge is -2.29. The second kappa shape index (κ2) is 20.3. The van der Waals surface area contributed by atoms with Crippen LogP contribution in [0.5, 0.6) is 0 Å². The van der Waals surface area contributed by atoms with Crippen molar-refractivity contribution in [3.05, 3.63) is 29.7 Å². The van der Waals surface area contributed by atoms with Gasteiger partial charge in [0.15, 0.2) is 0 Å². The molecule has 218 valence electrons. The fourth-order valence-corrected chi connectivity index (χ4v) is 5.72. The van der Waals surface area contributed by atoms with Gasteiger partial charge in [-0.3, -0.25) is 0 Å². The molecule has 2 aromatic rings. The quantitative estimate of drug-likeness (QED) is 0.175. The van der Waals surface area contributed by atoms with Gasteiger partial charge in [0.1, 0.15) is 0 Å². The van der Waals surface area contributed by atoms with E-state index in [-0.39, 0.29) is 0 Å². The van der Waals surface area contributed by atoms with Crippen LogP contribution >= 0.6 is 48.9 Å². The first-order valence-corrected chi connectivity index (χ1v) is 16.2. The number of likely N-dealkylation sites (N-methyl/N-ethyl adjacent to an activating group) is 3. The summed E-state index contributed by atoms with van der Waals surface area (Å²) in [5, 5.41) is 0. The number of rotatable bonds is 16. The Hall–Kier alpha value is -0.640. The van der Waals surface area contributed by atoms with E-state index in [2.05, 4.69) is 75.2 Å². The number of anilines is 2. The number of hydrogen-bond acceptors (Lipinski definition) is 8. The third-order valence-corrected chi connectivity index (χ3v) is 8.42. The second-order valence-corrected chi connectivity index (χ2v) is 11.6. The molecular formula is C30H54N4S4. The largest absolute Gasteiger partial charge is 0.372 e. The molecule has 0 radical (unpaired) electrons. The summed E-state index contributed by atoms with van der Waals surface area (Å²) in [6, 6.07) is 2.00. The van der Waals surface area contributed by atoms with E-state index in [1.807, 2.05) is 19.9 Å². The van der Waals surface area contributed by atoms with E-state index >= 15 is 0 Å². The molecule has 8 heteroatoms. The van der Waals surface area contributed by atoms with Crippen molar-refractivity contribution in [2.75, 3.05) is 76.3 Å². The van der Waals surface area contributed by atoms with Crippen molar-refractivity contribution in [3.63, 3.8) is 0 Å². The van der Waals surface area contributed by atoms with Gasteiger partial charge in [-0.1, -0.05) is 104 Å². The molecule has 0 aliphatic carbocycles. The fraction of sp³-hybridized carbons (Fsp3) is 0.733. The Balaban J connectivity index is 0.000000680. The van der Waals surface area contributed by atoms with Crippen LogP contribution in [-0.4, -0.2) is 76.3 Å². The van der Waals surface area contributed by atoms with E-state index in [0.29, 0.717) is 5.92 Å². The molecule has 0 unspecified atom stereocenters. The molecule has 0 aromatic heterocycles. The van der Waals surface area contributed by atoms with E-state index in [0.717, 1.165) is 56.5 Å². The van der Waals surface area contributed by atoms with Gasteiger partial charge in [0.25, 0.3) is 0 Å². The van der Waals surface area contributed by atoms with E-state index in [4.69, 9.17) is 48.9 Å². The highest BCUT2D eigenvalue weighted by Crippen LogP contribution is 2.35. The van der Waals surface area contributed by atoms with Crippen LogP contribution in [0.3, 0.4) is 0 Å². The average molecular weight is 599 g/mol. The predicted octanol–water partition coefficient (Wildman–Crippen LogP) is 8.92. The van der Waals surface area contributed by atoms with Crippen molar-refractivity contribution in [2.45, 2.75) is 80.6 Å². The van der Waals surface area contributed by atoms with Crippen LogP contribution in [0.2, 0.25) is 0 Å². The lowest BCUT2D eigenvalue weighted by atomic mass is 9.96. The third kappa shape index (κ3) is 11.5. The van der Waals surface area contributed by atoms with E-state index in [1.165, 1.54) is 50.1 Å². The van der Waals surface area contributed by atoms with E-state index in [1.54, 1.807) is 0 Å². The number of hydrogen-bond donors (Lipinski definition) is 0. The van der Waals surface area contributed by atoms with E-state index in [9.17, 15) is 0 Å². The zero-order valence-electron chi connectivity index (χ0n) is 25.9. The van der Waals surface area contributed by atoms with Crippen molar-refractivity contribution in [2.24, 2.45) is 0 Å². The van der Waals surface area contributed by atoms with Crippen LogP contribution in [0.4, 0.5) is 11.4 Å². The maximum Gasteiger partial charge on any atom is 0.0798 e. The monoisotopic (exact) mass is 598 g/mol. The summed E-state index contributed by atoms with van der Waals surface area (Å²) in [5.41, 5.74) is 3.63. The lowest BCUT2D eigenvalue weighted by Crippen LogP contribution is -2.34. The van der Waals surface area contributed by atoms with E-state index < -0.39 is 0 Å². The van der Waals surface area contributed by atoms with Gasteiger partial charge < -0.3 is 19.6 Å². The molecule has 0 aliphatic rings. The van der Waals surface area contributed by atoms with Crippen molar-refractivity contribution in [3.8, 4) is 0 Å². The maximum atomic E-state index is 5.41. The highest BCUT2D eigenvalue weighted by atomic mass is 32.1. The predicted molar refractivity (Wildman–Crippen MR) is 182 cm³/mol. The van der Waals surface area contributed by atoms with Crippen LogP contribution in [0, 0.1) is 18.0 Å². The Labute approximate surface area is 255 Å². The van der Waals surface area contributed by atoms with Crippen LogP contribution in [0.25, 0.3) is 0 Å². The molecule has 4 nitrogen and oxygen atoms in total. The van der Waals surface area contributed by atoms with Gasteiger partial charge in [-0.05, 0) is 63.0 Å². The SMILES string of the molecule is CC.CCCN(CC)CCN(C)c1c(C(C)C)c(=S)c1=S.CCCN(CCC)CCN(C)c1cc(=S)c1=S. The van der Waals surface area contributed by atoms with Gasteiger partial charge in [-0.25, -0.2) is 0 Å². The van der Waals surface area contributed by atoms with Gasteiger partial charge in [0.2, 0.25) is 0 Å². The smallest absolute Gasteiger partial charge is 0.0798 e. The first kappa shape index (κ1) is 37.4. The minimum absolute atomic E-state index is 0.467. The first-order chi connectivity index (χ1) is 18.0. The van der Waals surface area contributed by atoms with Gasteiger partial charge in [-0.2, -0.15) is 0 Å². The molecule has 0 aliphatic heterocycles. The Morgan fingerprint density at radius 1 is 0.632 bits per heavy atom. The molecule has 0 N–H and O–H groups in total. The summed E-state index contributed by atoms with van der Waals surface area (Å²) in [4.78, 5) is 9.49. The highest BCUT2D eigenvalue weighted by Gasteiger charge is 2.20. The highest BCUT2D eigenvalue weighted by molar-refractivity contribution is 7.74. The van der Waals surface area contributed by atoms with Crippen molar-refractivity contribution in [1.29, 1.82) is 0 Å². The number of nitrogens with zero attached hydrogens (tertiary/aromatic N) is 4. The zero-order chi connectivity index (χ0) is 29.4. The Morgan fingerprint density at radius 2 is 1.11 bits per heavy atom. The topological polar surface area (TPSA) is 13.0 Å². The molecule has 0 saturated heterocycles. The molecule has 0 fully saturated rings. The summed E-state index contributed by atoms with van der Waals surface area (Å²) < 4.78 is 3.49. The summed E-state index contributed by atoms with van der Waals surface area (Å²) in [6.45, 7) is 26.2. The maximum absolute atomic E-state index is 5.41. The van der Waals surface area contributed by atoms with Gasteiger partial charge in [0, 0.05) is 40.3 Å². The molecule has 0 spiro atoms.